The fourth-order valence-electron chi connectivity index (χ4n) is 1.73. The summed E-state index contributed by atoms with van der Waals surface area (Å²) >= 11 is 3.34. The average molecular weight is 311 g/mol. The van der Waals surface area contributed by atoms with Crippen molar-refractivity contribution in [1.82, 2.24) is 19.7 Å². The lowest BCUT2D eigenvalue weighted by atomic mass is 10.1. The van der Waals surface area contributed by atoms with Crippen molar-refractivity contribution in [3.05, 3.63) is 38.6 Å². The van der Waals surface area contributed by atoms with Gasteiger partial charge < -0.3 is 0 Å². The van der Waals surface area contributed by atoms with Gasteiger partial charge in [0.05, 0.1) is 5.69 Å². The van der Waals surface area contributed by atoms with Crippen molar-refractivity contribution in [1.29, 1.82) is 0 Å². The lowest BCUT2D eigenvalue weighted by molar-refractivity contribution is 0.625. The highest BCUT2D eigenvalue weighted by Gasteiger charge is 2.14. The van der Waals surface area contributed by atoms with Crippen LogP contribution in [0.15, 0.2) is 21.7 Å². The van der Waals surface area contributed by atoms with Crippen LogP contribution < -0.4 is 5.56 Å². The summed E-state index contributed by atoms with van der Waals surface area (Å²) in [5.74, 6) is 1.03. The van der Waals surface area contributed by atoms with Crippen molar-refractivity contribution in [3.8, 4) is 5.82 Å². The number of nitrogens with one attached hydrogen (secondary N) is 1. The third-order valence-corrected chi connectivity index (χ3v) is 3.35. The summed E-state index contributed by atoms with van der Waals surface area (Å²) < 4.78 is 2.02. The van der Waals surface area contributed by atoms with Crippen molar-refractivity contribution in [2.75, 3.05) is 0 Å². The van der Waals surface area contributed by atoms with E-state index in [2.05, 4.69) is 44.8 Å². The molecule has 0 radical (unpaired) electrons. The highest BCUT2D eigenvalue weighted by Crippen LogP contribution is 2.15. The lowest BCUT2D eigenvalue weighted by Gasteiger charge is -2.03. The van der Waals surface area contributed by atoms with Gasteiger partial charge in [0.1, 0.15) is 10.8 Å². The van der Waals surface area contributed by atoms with Crippen molar-refractivity contribution in [2.24, 2.45) is 5.92 Å². The van der Waals surface area contributed by atoms with E-state index >= 15 is 0 Å². The summed E-state index contributed by atoms with van der Waals surface area (Å²) in [7, 11) is 0. The minimum atomic E-state index is -0.122. The Hall–Kier alpha value is -1.43. The van der Waals surface area contributed by atoms with E-state index in [1.165, 1.54) is 11.0 Å². The predicted molar refractivity (Wildman–Crippen MR) is 73.0 cm³/mol. The minimum Gasteiger partial charge on any atom is -0.292 e. The largest absolute Gasteiger partial charge is 0.292 e. The zero-order valence-corrected chi connectivity index (χ0v) is 12.2. The van der Waals surface area contributed by atoms with E-state index in [9.17, 15) is 4.79 Å². The molecule has 18 heavy (non-hydrogen) atoms. The van der Waals surface area contributed by atoms with E-state index in [-0.39, 0.29) is 5.56 Å². The summed E-state index contributed by atoms with van der Waals surface area (Å²) in [4.78, 5) is 20.2. The Morgan fingerprint density at radius 2 is 2.17 bits per heavy atom. The second-order valence-electron chi connectivity index (χ2n) is 4.66. The molecular formula is C12H15BrN4O. The smallest absolute Gasteiger partial charge is 0.287 e. The maximum Gasteiger partial charge on any atom is 0.287 e. The number of H-pyrrole nitrogens is 1. The SMILES string of the molecule is Cc1cc(-n2[nH]c(CC(C)C)c(Br)c2=O)ncn1. The molecule has 0 atom stereocenters. The zero-order valence-electron chi connectivity index (χ0n) is 10.6. The molecule has 0 saturated carbocycles. The van der Waals surface area contributed by atoms with Gasteiger partial charge in [0, 0.05) is 11.8 Å². The maximum atomic E-state index is 12.1. The van der Waals surface area contributed by atoms with Crippen LogP contribution in [0.1, 0.15) is 25.2 Å². The molecule has 0 fully saturated rings. The molecule has 0 unspecified atom stereocenters. The Bertz CT molecular complexity index is 615. The van der Waals surface area contributed by atoms with Crippen LogP contribution in [0.2, 0.25) is 0 Å². The van der Waals surface area contributed by atoms with Gasteiger partial charge >= 0.3 is 0 Å². The fourth-order valence-corrected chi connectivity index (χ4v) is 2.16. The Balaban J connectivity index is 2.49. The van der Waals surface area contributed by atoms with Crippen LogP contribution >= 0.6 is 15.9 Å². The van der Waals surface area contributed by atoms with Gasteiger partial charge in [0.2, 0.25) is 0 Å². The van der Waals surface area contributed by atoms with Gasteiger partial charge in [-0.2, -0.15) is 0 Å². The van der Waals surface area contributed by atoms with Crippen LogP contribution in [-0.2, 0) is 6.42 Å². The molecule has 5 nitrogen and oxygen atoms in total. The summed E-state index contributed by atoms with van der Waals surface area (Å²) in [5.41, 5.74) is 1.60. The monoisotopic (exact) mass is 310 g/mol. The van der Waals surface area contributed by atoms with Crippen molar-refractivity contribution < 1.29 is 0 Å². The normalized spacial score (nSPS) is 11.2. The number of aromatic nitrogens is 4. The number of aromatic amines is 1. The third-order valence-electron chi connectivity index (χ3n) is 2.53. The van der Waals surface area contributed by atoms with E-state index in [1.807, 2.05) is 6.92 Å². The second-order valence-corrected chi connectivity index (χ2v) is 5.45. The molecule has 0 aliphatic heterocycles. The van der Waals surface area contributed by atoms with Crippen LogP contribution in [0.5, 0.6) is 0 Å². The third kappa shape index (κ3) is 2.53. The molecule has 0 saturated heterocycles. The van der Waals surface area contributed by atoms with E-state index in [4.69, 9.17) is 0 Å². The van der Waals surface area contributed by atoms with Gasteiger partial charge in [-0.25, -0.2) is 14.6 Å². The first kappa shape index (κ1) is 13.0. The van der Waals surface area contributed by atoms with E-state index in [0.29, 0.717) is 16.2 Å². The Kier molecular flexibility index (Phi) is 3.65. The summed E-state index contributed by atoms with van der Waals surface area (Å²) in [6.07, 6.45) is 2.26. The fraction of sp³-hybridized carbons (Fsp3) is 0.417. The maximum absolute atomic E-state index is 12.1. The highest BCUT2D eigenvalue weighted by molar-refractivity contribution is 9.10. The molecular weight excluding hydrogens is 296 g/mol. The number of rotatable bonds is 3. The Morgan fingerprint density at radius 1 is 1.44 bits per heavy atom. The molecule has 0 aromatic carbocycles. The van der Waals surface area contributed by atoms with Gasteiger partial charge in [-0.1, -0.05) is 13.8 Å². The number of nitrogens with zero attached hydrogens (tertiary/aromatic N) is 3. The molecule has 6 heteroatoms. The molecule has 1 N–H and O–H groups in total. The van der Waals surface area contributed by atoms with Gasteiger partial charge in [-0.3, -0.25) is 9.89 Å². The first-order valence-electron chi connectivity index (χ1n) is 5.77. The van der Waals surface area contributed by atoms with Gasteiger partial charge in [0.15, 0.2) is 5.82 Å². The second kappa shape index (κ2) is 5.06. The van der Waals surface area contributed by atoms with Gasteiger partial charge in [-0.15, -0.1) is 0 Å². The number of hydrogen-bond acceptors (Lipinski definition) is 3. The van der Waals surface area contributed by atoms with Crippen molar-refractivity contribution in [3.63, 3.8) is 0 Å². The molecule has 0 spiro atoms. The molecule has 2 aromatic heterocycles. The van der Waals surface area contributed by atoms with Gasteiger partial charge in [0.25, 0.3) is 5.56 Å². The topological polar surface area (TPSA) is 63.6 Å². The standard InChI is InChI=1S/C12H15BrN4O/c1-7(2)4-9-11(13)12(18)17(16-9)10-5-8(3)14-6-15-10/h5-7,16H,4H2,1-3H3. The minimum absolute atomic E-state index is 0.122. The molecule has 0 aliphatic rings. The number of aryl methyl sites for hydroxylation is 1. The van der Waals surface area contributed by atoms with Crippen LogP contribution in [0.25, 0.3) is 5.82 Å². The number of hydrogen-bond donors (Lipinski definition) is 1. The Labute approximate surface area is 113 Å². The predicted octanol–water partition coefficient (Wildman–Crippen LogP) is 2.23. The van der Waals surface area contributed by atoms with E-state index in [0.717, 1.165) is 17.8 Å². The molecule has 2 heterocycles. The van der Waals surface area contributed by atoms with Gasteiger partial charge in [-0.05, 0) is 35.2 Å². The molecule has 96 valence electrons. The first-order chi connectivity index (χ1) is 8.49. The summed E-state index contributed by atoms with van der Waals surface area (Å²) in [5, 5.41) is 3.09. The molecule has 0 bridgehead atoms. The molecule has 2 aromatic rings. The van der Waals surface area contributed by atoms with Crippen LogP contribution in [0.3, 0.4) is 0 Å². The molecule has 2 rings (SSSR count). The average Bonchev–Trinajstić information content (AvgIpc) is 2.57. The number of halogens is 1. The first-order valence-corrected chi connectivity index (χ1v) is 6.56. The zero-order chi connectivity index (χ0) is 13.3. The summed E-state index contributed by atoms with van der Waals surface area (Å²) in [6, 6.07) is 1.77. The van der Waals surface area contributed by atoms with Crippen LogP contribution in [-0.4, -0.2) is 19.7 Å². The molecule has 0 aliphatic carbocycles. The lowest BCUT2D eigenvalue weighted by Crippen LogP contribution is -2.16. The van der Waals surface area contributed by atoms with Crippen LogP contribution in [0, 0.1) is 12.8 Å². The van der Waals surface area contributed by atoms with E-state index in [1.54, 1.807) is 6.07 Å². The Morgan fingerprint density at radius 3 is 2.78 bits per heavy atom. The summed E-state index contributed by atoms with van der Waals surface area (Å²) in [6.45, 7) is 6.08. The van der Waals surface area contributed by atoms with E-state index < -0.39 is 0 Å². The highest BCUT2D eigenvalue weighted by atomic mass is 79.9. The van der Waals surface area contributed by atoms with Crippen molar-refractivity contribution in [2.45, 2.75) is 27.2 Å². The quantitative estimate of drug-likeness (QED) is 0.945. The van der Waals surface area contributed by atoms with Crippen LogP contribution in [0.4, 0.5) is 0 Å². The van der Waals surface area contributed by atoms with Crippen molar-refractivity contribution >= 4 is 15.9 Å². The molecule has 0 amide bonds.